The van der Waals surface area contributed by atoms with Gasteiger partial charge in [0.05, 0.1) is 0 Å². The molecule has 1 N–H and O–H groups in total. The van der Waals surface area contributed by atoms with Gasteiger partial charge in [0.15, 0.2) is 0 Å². The maximum absolute atomic E-state index is 10.9. The van der Waals surface area contributed by atoms with E-state index in [1.807, 2.05) is 32.6 Å². The van der Waals surface area contributed by atoms with Crippen LogP contribution in [0, 0.1) is 0 Å². The highest BCUT2D eigenvalue weighted by atomic mass is 16.2. The van der Waals surface area contributed by atoms with Crippen LogP contribution in [0.5, 0.6) is 0 Å². The monoisotopic (exact) mass is 216 g/mol. The first-order valence-corrected chi connectivity index (χ1v) is 6.23. The summed E-state index contributed by atoms with van der Waals surface area (Å²) in [6.45, 7) is 14.5. The summed E-state index contributed by atoms with van der Waals surface area (Å²) < 4.78 is 0. The summed E-state index contributed by atoms with van der Waals surface area (Å²) in [7, 11) is 0. The predicted octanol–water partition coefficient (Wildman–Crippen LogP) is 2.27. The highest BCUT2D eigenvalue weighted by Crippen LogP contribution is 2.08. The zero-order chi connectivity index (χ0) is 12.3. The average Bonchev–Trinajstić information content (AvgIpc) is 2.73. The normalized spacial score (nSPS) is 18.5. The van der Waals surface area contributed by atoms with Gasteiger partial charge in [0.2, 0.25) is 5.91 Å². The molecule has 0 bridgehead atoms. The van der Waals surface area contributed by atoms with Crippen LogP contribution in [0.15, 0.2) is 0 Å². The van der Waals surface area contributed by atoms with Gasteiger partial charge in [-0.15, -0.1) is 0 Å². The Balaban J connectivity index is 0. The lowest BCUT2D eigenvalue weighted by Crippen LogP contribution is -2.33. The molecule has 1 saturated heterocycles. The van der Waals surface area contributed by atoms with E-state index in [9.17, 15) is 4.79 Å². The fourth-order valence-corrected chi connectivity index (χ4v) is 1.50. The zero-order valence-corrected chi connectivity index (χ0v) is 11.3. The van der Waals surface area contributed by atoms with Crippen molar-refractivity contribution in [1.82, 2.24) is 10.2 Å². The summed E-state index contributed by atoms with van der Waals surface area (Å²) in [5.74, 6) is 0.199. The summed E-state index contributed by atoms with van der Waals surface area (Å²) >= 11 is 0. The first-order chi connectivity index (χ1) is 7.24. The number of nitrogens with one attached hydrogen (secondary N) is 1. The topological polar surface area (TPSA) is 32.3 Å². The van der Waals surface area contributed by atoms with Gasteiger partial charge in [-0.2, -0.15) is 0 Å². The Labute approximate surface area is 95.2 Å². The van der Waals surface area contributed by atoms with Crippen LogP contribution in [0.25, 0.3) is 0 Å². The minimum absolute atomic E-state index is 0.199. The molecule has 3 nitrogen and oxygen atoms in total. The third-order valence-electron chi connectivity index (χ3n) is 2.13. The summed E-state index contributed by atoms with van der Waals surface area (Å²) in [4.78, 5) is 12.8. The fourth-order valence-electron chi connectivity index (χ4n) is 1.50. The molecule has 15 heavy (non-hydrogen) atoms. The Hall–Kier alpha value is -0.570. The van der Waals surface area contributed by atoms with Crippen molar-refractivity contribution in [2.24, 2.45) is 0 Å². The van der Waals surface area contributed by atoms with E-state index in [2.05, 4.69) is 12.2 Å². The van der Waals surface area contributed by atoms with E-state index >= 15 is 0 Å². The quantitative estimate of drug-likeness (QED) is 0.768. The third-order valence-corrected chi connectivity index (χ3v) is 2.13. The van der Waals surface area contributed by atoms with Crippen molar-refractivity contribution in [3.63, 3.8) is 0 Å². The third kappa shape index (κ3) is 7.37. The van der Waals surface area contributed by atoms with Crippen LogP contribution in [-0.2, 0) is 4.79 Å². The number of nitrogens with zero attached hydrogens (tertiary/aromatic N) is 1. The largest absolute Gasteiger partial charge is 0.341 e. The van der Waals surface area contributed by atoms with E-state index in [0.29, 0.717) is 6.04 Å². The maximum atomic E-state index is 10.9. The molecule has 1 atom stereocenters. The number of hydrogen-bond acceptors (Lipinski definition) is 2. The van der Waals surface area contributed by atoms with Crippen LogP contribution < -0.4 is 5.32 Å². The molecule has 0 aromatic rings. The van der Waals surface area contributed by atoms with Crippen molar-refractivity contribution >= 4 is 5.91 Å². The van der Waals surface area contributed by atoms with Crippen molar-refractivity contribution in [2.45, 2.75) is 54.0 Å². The van der Waals surface area contributed by atoms with Gasteiger partial charge >= 0.3 is 0 Å². The van der Waals surface area contributed by atoms with E-state index in [-0.39, 0.29) is 5.91 Å². The van der Waals surface area contributed by atoms with Gasteiger partial charge in [-0.1, -0.05) is 34.6 Å². The van der Waals surface area contributed by atoms with Crippen LogP contribution in [-0.4, -0.2) is 36.5 Å². The van der Waals surface area contributed by atoms with Gasteiger partial charge in [-0.25, -0.2) is 0 Å². The maximum Gasteiger partial charge on any atom is 0.219 e. The molecule has 92 valence electrons. The minimum atomic E-state index is 0.199. The highest BCUT2D eigenvalue weighted by Gasteiger charge is 2.22. The fraction of sp³-hybridized carbons (Fsp3) is 0.917. The second-order valence-electron chi connectivity index (χ2n) is 3.01. The van der Waals surface area contributed by atoms with Gasteiger partial charge < -0.3 is 10.2 Å². The molecular formula is C12H28N2O. The first kappa shape index (κ1) is 16.8. The van der Waals surface area contributed by atoms with Crippen LogP contribution >= 0.6 is 0 Å². The zero-order valence-electron chi connectivity index (χ0n) is 11.3. The Bertz CT molecular complexity index is 149. The molecule has 0 spiro atoms. The van der Waals surface area contributed by atoms with Gasteiger partial charge in [0.1, 0.15) is 0 Å². The molecule has 3 heteroatoms. The Morgan fingerprint density at radius 2 is 1.87 bits per heavy atom. The molecule has 1 unspecified atom stereocenters. The molecule has 0 saturated carbocycles. The number of likely N-dealkylation sites (tertiary alicyclic amines) is 1. The van der Waals surface area contributed by atoms with Crippen molar-refractivity contribution in [2.75, 3.05) is 19.6 Å². The van der Waals surface area contributed by atoms with Crippen LogP contribution in [0.2, 0.25) is 0 Å². The van der Waals surface area contributed by atoms with Crippen molar-refractivity contribution in [3.8, 4) is 0 Å². The summed E-state index contributed by atoms with van der Waals surface area (Å²) in [5, 5.41) is 3.34. The summed E-state index contributed by atoms with van der Waals surface area (Å²) in [6, 6.07) is 0.531. The number of likely N-dealkylation sites (N-methyl/N-ethyl adjacent to an activating group) is 1. The summed E-state index contributed by atoms with van der Waals surface area (Å²) in [6.07, 6.45) is 1.10. The van der Waals surface area contributed by atoms with Crippen molar-refractivity contribution in [1.29, 1.82) is 0 Å². The van der Waals surface area contributed by atoms with E-state index in [1.165, 1.54) is 0 Å². The lowest BCUT2D eigenvalue weighted by Gasteiger charge is -2.13. The van der Waals surface area contributed by atoms with Gasteiger partial charge in [0, 0.05) is 26.1 Å². The average molecular weight is 216 g/mol. The number of carbonyl (C=O) groups is 1. The number of hydrogen-bond donors (Lipinski definition) is 1. The molecule has 1 amide bonds. The first-order valence-electron chi connectivity index (χ1n) is 6.23. The highest BCUT2D eigenvalue weighted by molar-refractivity contribution is 5.73. The molecule has 0 aromatic heterocycles. The molecule has 1 aliphatic rings. The molecule has 0 aromatic carbocycles. The van der Waals surface area contributed by atoms with E-state index in [4.69, 9.17) is 0 Å². The Morgan fingerprint density at radius 1 is 1.33 bits per heavy atom. The molecule has 1 heterocycles. The molecule has 1 rings (SSSR count). The van der Waals surface area contributed by atoms with Gasteiger partial charge in [-0.3, -0.25) is 4.79 Å². The van der Waals surface area contributed by atoms with Crippen molar-refractivity contribution < 1.29 is 4.79 Å². The standard InChI is InChI=1S/C8H16N2O.2C2H6/c1-3-9-8-4-5-10(6-8)7(2)11;2*1-2/h8-9H,3-6H2,1-2H3;2*1-2H3. The van der Waals surface area contributed by atoms with Gasteiger partial charge in [-0.05, 0) is 13.0 Å². The SMILES string of the molecule is CC.CC.CCNC1CCN(C(C)=O)C1. The lowest BCUT2D eigenvalue weighted by molar-refractivity contribution is -0.127. The molecule has 1 aliphatic heterocycles. The number of amides is 1. The lowest BCUT2D eigenvalue weighted by atomic mass is 10.3. The predicted molar refractivity (Wildman–Crippen MR) is 67.0 cm³/mol. The summed E-state index contributed by atoms with van der Waals surface area (Å²) in [5.41, 5.74) is 0. The van der Waals surface area contributed by atoms with E-state index in [0.717, 1.165) is 26.1 Å². The molecule has 0 radical (unpaired) electrons. The molecule has 1 fully saturated rings. The molecular weight excluding hydrogens is 188 g/mol. The van der Waals surface area contributed by atoms with Crippen LogP contribution in [0.4, 0.5) is 0 Å². The second-order valence-corrected chi connectivity index (χ2v) is 3.01. The Kier molecular flexibility index (Phi) is 12.9. The van der Waals surface area contributed by atoms with Gasteiger partial charge in [0.25, 0.3) is 0 Å². The van der Waals surface area contributed by atoms with E-state index < -0.39 is 0 Å². The second kappa shape index (κ2) is 11.5. The Morgan fingerprint density at radius 3 is 2.20 bits per heavy atom. The number of carbonyl (C=O) groups excluding carboxylic acids is 1. The van der Waals surface area contributed by atoms with E-state index in [1.54, 1.807) is 6.92 Å². The van der Waals surface area contributed by atoms with Crippen molar-refractivity contribution in [3.05, 3.63) is 0 Å². The smallest absolute Gasteiger partial charge is 0.219 e. The number of rotatable bonds is 2. The van der Waals surface area contributed by atoms with Crippen LogP contribution in [0.1, 0.15) is 48.0 Å². The molecule has 0 aliphatic carbocycles. The minimum Gasteiger partial charge on any atom is -0.341 e. The van der Waals surface area contributed by atoms with Crippen LogP contribution in [0.3, 0.4) is 0 Å².